The molecule has 1 aromatic heterocycles. The second kappa shape index (κ2) is 5.09. The SMILES string of the molecule is CC1CC(C)(C)CC(CO)(NCc2n[nH]c(=O)[nH]2)C1. The number of H-pyrrole nitrogens is 2. The zero-order valence-corrected chi connectivity index (χ0v) is 11.9. The molecule has 6 heteroatoms. The van der Waals surface area contributed by atoms with Gasteiger partial charge in [-0.1, -0.05) is 20.8 Å². The molecule has 1 aliphatic rings. The molecule has 0 aliphatic heterocycles. The van der Waals surface area contributed by atoms with Crippen molar-refractivity contribution in [3.63, 3.8) is 0 Å². The van der Waals surface area contributed by atoms with Crippen LogP contribution in [0.5, 0.6) is 0 Å². The van der Waals surface area contributed by atoms with Gasteiger partial charge >= 0.3 is 5.69 Å². The molecule has 1 fully saturated rings. The van der Waals surface area contributed by atoms with E-state index in [0.717, 1.165) is 12.8 Å². The number of nitrogens with one attached hydrogen (secondary N) is 3. The number of aromatic amines is 2. The van der Waals surface area contributed by atoms with Gasteiger partial charge in [0.1, 0.15) is 5.82 Å². The van der Waals surface area contributed by atoms with Gasteiger partial charge in [0.15, 0.2) is 0 Å². The second-order valence-corrected chi connectivity index (χ2v) is 6.77. The molecule has 1 aliphatic carbocycles. The zero-order valence-electron chi connectivity index (χ0n) is 11.9. The van der Waals surface area contributed by atoms with Crippen molar-refractivity contribution in [2.24, 2.45) is 11.3 Å². The van der Waals surface area contributed by atoms with E-state index in [1.807, 2.05) is 0 Å². The minimum absolute atomic E-state index is 0.107. The summed E-state index contributed by atoms with van der Waals surface area (Å²) in [4.78, 5) is 13.6. The van der Waals surface area contributed by atoms with E-state index in [9.17, 15) is 9.90 Å². The number of hydrogen-bond acceptors (Lipinski definition) is 4. The van der Waals surface area contributed by atoms with Gasteiger partial charge in [0, 0.05) is 5.54 Å². The Morgan fingerprint density at radius 3 is 2.74 bits per heavy atom. The normalized spacial score (nSPS) is 30.4. The van der Waals surface area contributed by atoms with Crippen LogP contribution < -0.4 is 11.0 Å². The minimum Gasteiger partial charge on any atom is -0.394 e. The summed E-state index contributed by atoms with van der Waals surface area (Å²) in [6, 6.07) is 0. The predicted molar refractivity (Wildman–Crippen MR) is 72.7 cm³/mol. The maximum Gasteiger partial charge on any atom is 0.340 e. The molecule has 19 heavy (non-hydrogen) atoms. The molecule has 6 nitrogen and oxygen atoms in total. The Bertz CT molecular complexity index is 479. The molecule has 0 amide bonds. The number of hydrogen-bond donors (Lipinski definition) is 4. The molecule has 0 spiro atoms. The first kappa shape index (κ1) is 14.3. The summed E-state index contributed by atoms with van der Waals surface area (Å²) in [5, 5.41) is 19.4. The lowest BCUT2D eigenvalue weighted by molar-refractivity contribution is 0.0348. The third-order valence-corrected chi connectivity index (χ3v) is 3.94. The third kappa shape index (κ3) is 3.45. The van der Waals surface area contributed by atoms with Crippen LogP contribution in [0.15, 0.2) is 4.79 Å². The van der Waals surface area contributed by atoms with E-state index in [1.54, 1.807) is 0 Å². The Morgan fingerprint density at radius 1 is 1.47 bits per heavy atom. The Balaban J connectivity index is 2.07. The number of aliphatic hydroxyl groups excluding tert-OH is 1. The van der Waals surface area contributed by atoms with Crippen molar-refractivity contribution in [1.29, 1.82) is 0 Å². The minimum atomic E-state index is -0.299. The molecule has 1 aromatic rings. The fourth-order valence-corrected chi connectivity index (χ4v) is 3.71. The van der Waals surface area contributed by atoms with Crippen LogP contribution in [0.25, 0.3) is 0 Å². The van der Waals surface area contributed by atoms with E-state index in [-0.39, 0.29) is 23.3 Å². The Morgan fingerprint density at radius 2 is 2.21 bits per heavy atom. The summed E-state index contributed by atoms with van der Waals surface area (Å²) in [5.41, 5.74) is -0.365. The van der Waals surface area contributed by atoms with E-state index in [2.05, 4.69) is 41.3 Å². The predicted octanol–water partition coefficient (Wildman–Crippen LogP) is 0.765. The van der Waals surface area contributed by atoms with Gasteiger partial charge in [0.2, 0.25) is 0 Å². The summed E-state index contributed by atoms with van der Waals surface area (Å²) < 4.78 is 0. The highest BCUT2D eigenvalue weighted by molar-refractivity contribution is 4.99. The third-order valence-electron chi connectivity index (χ3n) is 3.94. The monoisotopic (exact) mass is 268 g/mol. The van der Waals surface area contributed by atoms with E-state index in [4.69, 9.17) is 0 Å². The first-order valence-electron chi connectivity index (χ1n) is 6.84. The Hall–Kier alpha value is -1.14. The van der Waals surface area contributed by atoms with Crippen molar-refractivity contribution in [2.75, 3.05) is 6.61 Å². The quantitative estimate of drug-likeness (QED) is 0.648. The summed E-state index contributed by atoms with van der Waals surface area (Å²) in [7, 11) is 0. The number of aromatic nitrogens is 3. The molecule has 1 saturated carbocycles. The largest absolute Gasteiger partial charge is 0.394 e. The summed E-state index contributed by atoms with van der Waals surface area (Å²) in [6.45, 7) is 7.28. The van der Waals surface area contributed by atoms with Gasteiger partial charge in [-0.25, -0.2) is 9.89 Å². The van der Waals surface area contributed by atoms with Crippen molar-refractivity contribution in [2.45, 2.75) is 52.1 Å². The van der Waals surface area contributed by atoms with Crippen LogP contribution in [0, 0.1) is 11.3 Å². The van der Waals surface area contributed by atoms with Gasteiger partial charge in [-0.05, 0) is 30.6 Å². The molecule has 0 aromatic carbocycles. The van der Waals surface area contributed by atoms with Gasteiger partial charge < -0.3 is 10.4 Å². The zero-order chi connectivity index (χ0) is 14.1. The fourth-order valence-electron chi connectivity index (χ4n) is 3.71. The molecule has 1 heterocycles. The maximum absolute atomic E-state index is 11.0. The average Bonchev–Trinajstić information content (AvgIpc) is 2.70. The summed E-state index contributed by atoms with van der Waals surface area (Å²) >= 11 is 0. The highest BCUT2D eigenvalue weighted by atomic mass is 16.3. The molecular formula is C13H24N4O2. The Kier molecular flexibility index (Phi) is 3.82. The smallest absolute Gasteiger partial charge is 0.340 e. The van der Waals surface area contributed by atoms with Crippen LogP contribution in [0.3, 0.4) is 0 Å². The summed E-state index contributed by atoms with van der Waals surface area (Å²) in [6.07, 6.45) is 3.05. The van der Waals surface area contributed by atoms with Gasteiger partial charge in [0.05, 0.1) is 13.2 Å². The number of aliphatic hydroxyl groups is 1. The number of nitrogens with zero attached hydrogens (tertiary/aromatic N) is 1. The van der Waals surface area contributed by atoms with Crippen molar-refractivity contribution >= 4 is 0 Å². The van der Waals surface area contributed by atoms with E-state index >= 15 is 0 Å². The van der Waals surface area contributed by atoms with Crippen molar-refractivity contribution in [1.82, 2.24) is 20.5 Å². The number of rotatable bonds is 4. The van der Waals surface area contributed by atoms with Crippen molar-refractivity contribution < 1.29 is 5.11 Å². The lowest BCUT2D eigenvalue weighted by atomic mass is 9.64. The van der Waals surface area contributed by atoms with E-state index in [1.165, 1.54) is 6.42 Å². The van der Waals surface area contributed by atoms with Crippen molar-refractivity contribution in [3.8, 4) is 0 Å². The maximum atomic E-state index is 11.0. The molecule has 2 atom stereocenters. The highest BCUT2D eigenvalue weighted by Crippen LogP contribution is 2.43. The topological polar surface area (TPSA) is 93.8 Å². The second-order valence-electron chi connectivity index (χ2n) is 6.77. The lowest BCUT2D eigenvalue weighted by Crippen LogP contribution is -2.55. The molecule has 108 valence electrons. The first-order chi connectivity index (χ1) is 8.84. The van der Waals surface area contributed by atoms with Gasteiger partial charge in [-0.15, -0.1) is 0 Å². The first-order valence-corrected chi connectivity index (χ1v) is 6.84. The van der Waals surface area contributed by atoms with Crippen molar-refractivity contribution in [3.05, 3.63) is 16.3 Å². The molecule has 4 N–H and O–H groups in total. The van der Waals surface area contributed by atoms with Crippen LogP contribution in [-0.2, 0) is 6.54 Å². The van der Waals surface area contributed by atoms with Crippen LogP contribution in [-0.4, -0.2) is 32.4 Å². The summed E-state index contributed by atoms with van der Waals surface area (Å²) in [5.74, 6) is 1.15. The van der Waals surface area contributed by atoms with Gasteiger partial charge in [-0.2, -0.15) is 5.10 Å². The Labute approximate surface area is 113 Å². The molecule has 0 saturated heterocycles. The van der Waals surface area contributed by atoms with Gasteiger partial charge in [-0.3, -0.25) is 4.98 Å². The molecule has 2 rings (SSSR count). The van der Waals surface area contributed by atoms with E-state index < -0.39 is 0 Å². The lowest BCUT2D eigenvalue weighted by Gasteiger charge is -2.47. The van der Waals surface area contributed by atoms with Gasteiger partial charge in [0.25, 0.3) is 0 Å². The standard InChI is InChI=1S/C13H24N4O2/c1-9-4-12(2,3)7-13(5-9,8-18)14-6-10-15-11(19)17-16-10/h9,14,18H,4-8H2,1-3H3,(H2,15,16,17,19). The van der Waals surface area contributed by atoms with E-state index in [0.29, 0.717) is 18.3 Å². The molecule has 2 unspecified atom stereocenters. The molecule has 0 radical (unpaired) electrons. The van der Waals surface area contributed by atoms with Crippen LogP contribution in [0.2, 0.25) is 0 Å². The molecule has 0 bridgehead atoms. The fraction of sp³-hybridized carbons (Fsp3) is 0.846. The molecular weight excluding hydrogens is 244 g/mol. The van der Waals surface area contributed by atoms with Crippen LogP contribution >= 0.6 is 0 Å². The van der Waals surface area contributed by atoms with Crippen LogP contribution in [0.4, 0.5) is 0 Å². The van der Waals surface area contributed by atoms with Crippen LogP contribution in [0.1, 0.15) is 45.9 Å². The average molecular weight is 268 g/mol. The highest BCUT2D eigenvalue weighted by Gasteiger charge is 2.42.